The van der Waals surface area contributed by atoms with Gasteiger partial charge in [-0.2, -0.15) is 12.7 Å². The zero-order valence-corrected chi connectivity index (χ0v) is 37.7. The van der Waals surface area contributed by atoms with E-state index in [0.717, 1.165) is 97.6 Å². The number of pyridine rings is 1. The molecule has 0 saturated carbocycles. The van der Waals surface area contributed by atoms with Gasteiger partial charge in [-0.3, -0.25) is 34.1 Å². The van der Waals surface area contributed by atoms with Crippen molar-refractivity contribution in [3.8, 4) is 11.1 Å². The van der Waals surface area contributed by atoms with Gasteiger partial charge in [-0.25, -0.2) is 18.2 Å². The van der Waals surface area contributed by atoms with Crippen LogP contribution in [0, 0.1) is 17.6 Å². The number of alkyl halides is 1. The number of nitrogens with zero attached hydrogens (tertiary/aromatic N) is 7. The number of piperazine rings is 1. The first-order valence-electron chi connectivity index (χ1n) is 22.7. The molecule has 1 unspecified atom stereocenters. The van der Waals surface area contributed by atoms with Crippen LogP contribution in [0.4, 0.5) is 30.2 Å². The number of rotatable bonds is 11. The zero-order valence-electron chi connectivity index (χ0n) is 36.9. The number of benzene rings is 3. The Balaban J connectivity index is 0.740. The number of piperidine rings is 2. The molecule has 0 radical (unpaired) electrons. The highest BCUT2D eigenvalue weighted by atomic mass is 32.2. The van der Waals surface area contributed by atoms with Crippen molar-refractivity contribution in [2.75, 3.05) is 73.4 Å². The molecule has 15 nitrogen and oxygen atoms in total. The molecule has 7 heterocycles. The molecule has 0 aliphatic carbocycles. The lowest BCUT2D eigenvalue weighted by atomic mass is 9.95. The standard InChI is InChI=1S/C48H50F3N9O6S/c1-55-28-38(45(62)43-39(50)8-9-40(44(43)51)54-67(65,66)59-17-14-33(49)27-59)37-23-31(24-52-46(37)55)30-2-4-34(5-3-30)58-20-18-56(19-21-58)25-29-12-15-57(16-13-29)35-6-7-36-32(22-35)26-60(48(36)64)41-10-11-42(61)53-47(41)63/h2-9,22-24,28-29,33,41,54H,10-21,25-27H2,1H3,(H,53,61,63)/t33-,41?/m1/s1. The quantitative estimate of drug-likeness (QED) is 0.132. The number of ketones is 1. The van der Waals surface area contributed by atoms with Crippen LogP contribution >= 0.6 is 0 Å². The Morgan fingerprint density at radius 1 is 0.851 bits per heavy atom. The van der Waals surface area contributed by atoms with Crippen LogP contribution in [-0.4, -0.2) is 127 Å². The van der Waals surface area contributed by atoms with Crippen molar-refractivity contribution < 1.29 is 40.8 Å². The largest absolute Gasteiger partial charge is 0.372 e. The summed E-state index contributed by atoms with van der Waals surface area (Å²) in [5.74, 6) is -3.81. The topological polar surface area (TPSA) is 160 Å². The highest BCUT2D eigenvalue weighted by Gasteiger charge is 2.40. The van der Waals surface area contributed by atoms with E-state index in [4.69, 9.17) is 0 Å². The van der Waals surface area contributed by atoms with E-state index in [-0.39, 0.29) is 43.3 Å². The molecule has 2 atom stereocenters. The van der Waals surface area contributed by atoms with Gasteiger partial charge < -0.3 is 19.3 Å². The van der Waals surface area contributed by atoms with Crippen LogP contribution in [0.5, 0.6) is 0 Å². The zero-order chi connectivity index (χ0) is 46.7. The minimum absolute atomic E-state index is 0.00395. The summed E-state index contributed by atoms with van der Waals surface area (Å²) in [6.07, 6.45) is 4.47. The third kappa shape index (κ3) is 8.63. The van der Waals surface area contributed by atoms with Crippen molar-refractivity contribution in [2.24, 2.45) is 13.0 Å². The summed E-state index contributed by atoms with van der Waals surface area (Å²) in [6, 6.07) is 16.9. The van der Waals surface area contributed by atoms with Gasteiger partial charge in [0.25, 0.3) is 5.91 Å². The number of fused-ring (bicyclic) bond motifs is 2. The molecule has 4 fully saturated rings. The van der Waals surface area contributed by atoms with Crippen LogP contribution in [0.25, 0.3) is 22.2 Å². The lowest BCUT2D eigenvalue weighted by molar-refractivity contribution is -0.136. The Morgan fingerprint density at radius 3 is 2.30 bits per heavy atom. The minimum Gasteiger partial charge on any atom is -0.372 e. The predicted molar refractivity (Wildman–Crippen MR) is 246 cm³/mol. The van der Waals surface area contributed by atoms with Gasteiger partial charge in [0.2, 0.25) is 17.6 Å². The van der Waals surface area contributed by atoms with Gasteiger partial charge in [0.05, 0.1) is 11.3 Å². The Morgan fingerprint density at radius 2 is 1.58 bits per heavy atom. The molecule has 0 bridgehead atoms. The number of carbonyl (C=O) groups is 4. The maximum absolute atomic E-state index is 15.9. The van der Waals surface area contributed by atoms with E-state index in [9.17, 15) is 32.0 Å². The van der Waals surface area contributed by atoms with Gasteiger partial charge in [-0.15, -0.1) is 0 Å². The molecule has 2 aromatic heterocycles. The molecule has 0 spiro atoms. The lowest BCUT2D eigenvalue weighted by Crippen LogP contribution is -2.52. The van der Waals surface area contributed by atoms with E-state index in [2.05, 4.69) is 47.9 Å². The second-order valence-electron chi connectivity index (χ2n) is 18.2. The smallest absolute Gasteiger partial charge is 0.301 e. The van der Waals surface area contributed by atoms with Crippen LogP contribution in [0.15, 0.2) is 73.1 Å². The van der Waals surface area contributed by atoms with Gasteiger partial charge in [-0.1, -0.05) is 12.1 Å². The van der Waals surface area contributed by atoms with Crippen molar-refractivity contribution in [1.29, 1.82) is 0 Å². The lowest BCUT2D eigenvalue weighted by Gasteiger charge is -2.40. The number of hydrogen-bond donors (Lipinski definition) is 2. The van der Waals surface area contributed by atoms with E-state index in [1.165, 1.54) is 6.20 Å². The average molecular weight is 938 g/mol. The van der Waals surface area contributed by atoms with Crippen molar-refractivity contribution in [3.05, 3.63) is 107 Å². The van der Waals surface area contributed by atoms with Crippen molar-refractivity contribution in [3.63, 3.8) is 0 Å². The fourth-order valence-electron chi connectivity index (χ4n) is 10.2. The van der Waals surface area contributed by atoms with Crippen molar-refractivity contribution in [2.45, 2.75) is 50.9 Å². The van der Waals surface area contributed by atoms with Gasteiger partial charge in [-0.05, 0) is 91.3 Å². The summed E-state index contributed by atoms with van der Waals surface area (Å²) in [5, 5.41) is 2.73. The molecule has 19 heteroatoms. The molecule has 5 aliphatic heterocycles. The third-order valence-electron chi connectivity index (χ3n) is 14.0. The summed E-state index contributed by atoms with van der Waals surface area (Å²) in [5.41, 5.74) is 4.08. The second-order valence-corrected chi connectivity index (χ2v) is 19.9. The molecule has 350 valence electrons. The molecule has 5 aliphatic rings. The summed E-state index contributed by atoms with van der Waals surface area (Å²) >= 11 is 0. The number of carbonyl (C=O) groups excluding carboxylic acids is 4. The molecule has 5 aromatic rings. The SMILES string of the molecule is Cn1cc(C(=O)c2c(F)ccc(NS(=O)(=O)N3CC[C@@H](F)C3)c2F)c2cc(-c3ccc(N4CCN(CC5CCN(c6ccc7c(c6)CN(C6CCC(=O)NC6=O)C7=O)CC5)CC4)cc3)cnc21. The fraction of sp³-hybridized carbons (Fsp3) is 0.396. The van der Waals surface area contributed by atoms with E-state index < -0.39 is 57.0 Å². The van der Waals surface area contributed by atoms with Crippen LogP contribution in [-0.2, 0) is 33.4 Å². The number of aryl methyl sites for hydroxylation is 1. The summed E-state index contributed by atoms with van der Waals surface area (Å²) in [7, 11) is -2.69. The molecule has 4 saturated heterocycles. The number of hydrogen-bond acceptors (Lipinski definition) is 10. The first-order valence-corrected chi connectivity index (χ1v) is 24.1. The maximum Gasteiger partial charge on any atom is 0.301 e. The Bertz CT molecular complexity index is 2920. The highest BCUT2D eigenvalue weighted by molar-refractivity contribution is 7.90. The van der Waals surface area contributed by atoms with Crippen LogP contribution in [0.1, 0.15) is 63.9 Å². The molecular formula is C48H50F3N9O6S. The van der Waals surface area contributed by atoms with Gasteiger partial charge in [0.15, 0.2) is 5.82 Å². The molecule has 67 heavy (non-hydrogen) atoms. The molecule has 3 amide bonds. The summed E-state index contributed by atoms with van der Waals surface area (Å²) < 4.78 is 75.1. The third-order valence-corrected chi connectivity index (χ3v) is 15.5. The summed E-state index contributed by atoms with van der Waals surface area (Å²) in [4.78, 5) is 64.7. The number of imide groups is 1. The average Bonchev–Trinajstić information content (AvgIpc) is 4.02. The number of anilines is 3. The first kappa shape index (κ1) is 44.5. The van der Waals surface area contributed by atoms with E-state index in [0.29, 0.717) is 41.0 Å². The molecule has 3 aromatic carbocycles. The fourth-order valence-corrected chi connectivity index (χ4v) is 11.5. The van der Waals surface area contributed by atoms with Crippen LogP contribution in [0.3, 0.4) is 0 Å². The van der Waals surface area contributed by atoms with Gasteiger partial charge in [0, 0.05) is 125 Å². The second kappa shape index (κ2) is 17.7. The van der Waals surface area contributed by atoms with E-state index in [1.807, 2.05) is 24.3 Å². The predicted octanol–water partition coefficient (Wildman–Crippen LogP) is 5.25. The van der Waals surface area contributed by atoms with Crippen LogP contribution < -0.4 is 19.8 Å². The minimum atomic E-state index is -4.36. The van der Waals surface area contributed by atoms with Crippen LogP contribution in [0.2, 0.25) is 0 Å². The Labute approximate surface area is 385 Å². The first-order chi connectivity index (χ1) is 32.2. The molecule has 10 rings (SSSR count). The molecular weight excluding hydrogens is 888 g/mol. The summed E-state index contributed by atoms with van der Waals surface area (Å²) in [6.45, 7) is 6.37. The van der Waals surface area contributed by atoms with E-state index >= 15 is 8.78 Å². The van der Waals surface area contributed by atoms with E-state index in [1.54, 1.807) is 28.8 Å². The van der Waals surface area contributed by atoms with Gasteiger partial charge in [0.1, 0.15) is 23.7 Å². The number of nitrogens with one attached hydrogen (secondary N) is 2. The number of aromatic nitrogens is 2. The highest BCUT2D eigenvalue weighted by Crippen LogP contribution is 2.35. The number of amides is 3. The Hall–Kier alpha value is -6.31. The normalized spacial score (nSPS) is 21.1. The Kier molecular flexibility index (Phi) is 11.8. The monoisotopic (exact) mass is 937 g/mol. The van der Waals surface area contributed by atoms with Crippen molar-refractivity contribution in [1.82, 2.24) is 29.0 Å². The molecule has 2 N–H and O–H groups in total. The van der Waals surface area contributed by atoms with Gasteiger partial charge >= 0.3 is 10.2 Å². The number of halogens is 3. The maximum atomic E-state index is 15.9. The van der Waals surface area contributed by atoms with Crippen molar-refractivity contribution >= 4 is 61.8 Å².